The van der Waals surface area contributed by atoms with Crippen molar-refractivity contribution in [2.45, 2.75) is 58.5 Å². The molecule has 1 aliphatic rings. The van der Waals surface area contributed by atoms with Gasteiger partial charge in [0, 0.05) is 31.1 Å². The van der Waals surface area contributed by atoms with Crippen LogP contribution in [0.3, 0.4) is 0 Å². The summed E-state index contributed by atoms with van der Waals surface area (Å²) in [4.78, 5) is 4.30. The standard InChI is InChI=1S/C22H32N4O2.HI/c1-4-17(5-2)20-12-19(28-26-20)14-25-22(23-3)24-13-18-8-6-7-9-21(18)27-15-16-10-11-16;/h6-9,12,16-17H,4-5,10-11,13-15H2,1-3H3,(H2,23,24,25);1H. The third-order valence-electron chi connectivity index (χ3n) is 5.23. The van der Waals surface area contributed by atoms with Gasteiger partial charge >= 0.3 is 0 Å². The topological polar surface area (TPSA) is 71.7 Å². The summed E-state index contributed by atoms with van der Waals surface area (Å²) in [7, 11) is 1.76. The number of aliphatic imine (C=N–C) groups is 1. The lowest BCUT2D eigenvalue weighted by Crippen LogP contribution is -2.36. The van der Waals surface area contributed by atoms with E-state index in [2.05, 4.69) is 40.7 Å². The smallest absolute Gasteiger partial charge is 0.191 e. The van der Waals surface area contributed by atoms with Crippen molar-refractivity contribution in [2.24, 2.45) is 10.9 Å². The van der Waals surface area contributed by atoms with Crippen LogP contribution in [-0.4, -0.2) is 24.8 Å². The Labute approximate surface area is 190 Å². The quantitative estimate of drug-likeness (QED) is 0.271. The number of hydrogen-bond donors (Lipinski definition) is 2. The fourth-order valence-electron chi connectivity index (χ4n) is 3.16. The zero-order valence-electron chi connectivity index (χ0n) is 17.6. The summed E-state index contributed by atoms with van der Waals surface area (Å²) in [6.07, 6.45) is 4.72. The Hall–Kier alpha value is -1.77. The minimum absolute atomic E-state index is 0. The first kappa shape index (κ1) is 23.5. The predicted octanol–water partition coefficient (Wildman–Crippen LogP) is 4.85. The van der Waals surface area contributed by atoms with Crippen LogP contribution in [0.4, 0.5) is 0 Å². The van der Waals surface area contributed by atoms with Gasteiger partial charge in [0.2, 0.25) is 0 Å². The molecule has 0 unspecified atom stereocenters. The van der Waals surface area contributed by atoms with E-state index in [0.717, 1.165) is 54.1 Å². The van der Waals surface area contributed by atoms with Crippen LogP contribution < -0.4 is 15.4 Å². The summed E-state index contributed by atoms with van der Waals surface area (Å²) in [5, 5.41) is 10.9. The normalized spacial score (nSPS) is 13.9. The van der Waals surface area contributed by atoms with Gasteiger partial charge in [0.1, 0.15) is 5.75 Å². The number of para-hydroxylation sites is 1. The Morgan fingerprint density at radius 3 is 2.62 bits per heavy atom. The monoisotopic (exact) mass is 512 g/mol. The second-order valence-corrected chi connectivity index (χ2v) is 7.37. The molecule has 0 atom stereocenters. The lowest BCUT2D eigenvalue weighted by Gasteiger charge is -2.14. The average Bonchev–Trinajstić information content (AvgIpc) is 3.45. The van der Waals surface area contributed by atoms with Crippen LogP contribution in [0, 0.1) is 5.92 Å². The van der Waals surface area contributed by atoms with Crippen molar-refractivity contribution < 1.29 is 9.26 Å². The second kappa shape index (κ2) is 12.0. The van der Waals surface area contributed by atoms with E-state index >= 15 is 0 Å². The van der Waals surface area contributed by atoms with E-state index in [4.69, 9.17) is 9.26 Å². The summed E-state index contributed by atoms with van der Waals surface area (Å²) in [6.45, 7) is 6.37. The second-order valence-electron chi connectivity index (χ2n) is 7.37. The van der Waals surface area contributed by atoms with E-state index in [1.807, 2.05) is 24.3 Å². The van der Waals surface area contributed by atoms with E-state index in [-0.39, 0.29) is 24.0 Å². The van der Waals surface area contributed by atoms with Crippen molar-refractivity contribution in [3.63, 3.8) is 0 Å². The highest BCUT2D eigenvalue weighted by atomic mass is 127. The number of benzene rings is 1. The molecule has 0 radical (unpaired) electrons. The Morgan fingerprint density at radius 1 is 1.21 bits per heavy atom. The van der Waals surface area contributed by atoms with Crippen LogP contribution in [0.15, 0.2) is 39.8 Å². The van der Waals surface area contributed by atoms with Gasteiger partial charge in [0.15, 0.2) is 11.7 Å². The molecule has 1 aliphatic carbocycles. The van der Waals surface area contributed by atoms with Gasteiger partial charge in [-0.15, -0.1) is 24.0 Å². The van der Waals surface area contributed by atoms with Gasteiger partial charge in [-0.2, -0.15) is 0 Å². The first-order valence-corrected chi connectivity index (χ1v) is 10.3. The molecule has 1 fully saturated rings. The van der Waals surface area contributed by atoms with Gasteiger partial charge in [0.05, 0.1) is 18.8 Å². The van der Waals surface area contributed by atoms with Crippen LogP contribution >= 0.6 is 24.0 Å². The molecule has 0 aliphatic heterocycles. The highest BCUT2D eigenvalue weighted by molar-refractivity contribution is 14.0. The molecule has 1 aromatic heterocycles. The van der Waals surface area contributed by atoms with Gasteiger partial charge < -0.3 is 19.9 Å². The first-order valence-electron chi connectivity index (χ1n) is 10.3. The SMILES string of the molecule is CCC(CC)c1cc(CNC(=NC)NCc2ccccc2OCC2CC2)on1.I. The molecular weight excluding hydrogens is 479 g/mol. The Bertz CT molecular complexity index is 770. The van der Waals surface area contributed by atoms with Crippen molar-refractivity contribution in [3.8, 4) is 5.75 Å². The molecule has 7 heteroatoms. The molecule has 0 saturated heterocycles. The molecular formula is C22H33IN4O2. The summed E-state index contributed by atoms with van der Waals surface area (Å²) in [5.41, 5.74) is 2.16. The number of ether oxygens (including phenoxy) is 1. The summed E-state index contributed by atoms with van der Waals surface area (Å²) in [6, 6.07) is 10.2. The summed E-state index contributed by atoms with van der Waals surface area (Å²) >= 11 is 0. The largest absolute Gasteiger partial charge is 0.493 e. The van der Waals surface area contributed by atoms with Crippen LogP contribution in [-0.2, 0) is 13.1 Å². The molecule has 2 aromatic rings. The number of guanidine groups is 1. The maximum absolute atomic E-state index is 5.98. The van der Waals surface area contributed by atoms with Gasteiger partial charge in [-0.05, 0) is 37.7 Å². The molecule has 0 amide bonds. The van der Waals surface area contributed by atoms with E-state index in [1.165, 1.54) is 12.8 Å². The summed E-state index contributed by atoms with van der Waals surface area (Å²) in [5.74, 6) is 3.68. The lowest BCUT2D eigenvalue weighted by atomic mass is 9.99. The molecule has 1 heterocycles. The minimum atomic E-state index is 0. The summed E-state index contributed by atoms with van der Waals surface area (Å²) < 4.78 is 11.5. The maximum Gasteiger partial charge on any atom is 0.191 e. The molecule has 0 spiro atoms. The number of aromatic nitrogens is 1. The molecule has 6 nitrogen and oxygen atoms in total. The number of hydrogen-bond acceptors (Lipinski definition) is 4. The fourth-order valence-corrected chi connectivity index (χ4v) is 3.16. The van der Waals surface area contributed by atoms with Crippen molar-refractivity contribution in [1.29, 1.82) is 0 Å². The number of halogens is 1. The van der Waals surface area contributed by atoms with Crippen molar-refractivity contribution in [2.75, 3.05) is 13.7 Å². The molecule has 1 saturated carbocycles. The van der Waals surface area contributed by atoms with E-state index in [0.29, 0.717) is 19.0 Å². The van der Waals surface area contributed by atoms with Crippen molar-refractivity contribution >= 4 is 29.9 Å². The van der Waals surface area contributed by atoms with Gasteiger partial charge in [-0.1, -0.05) is 37.2 Å². The number of rotatable bonds is 10. The van der Waals surface area contributed by atoms with Gasteiger partial charge in [-0.25, -0.2) is 0 Å². The van der Waals surface area contributed by atoms with E-state index in [1.54, 1.807) is 7.05 Å². The molecule has 0 bridgehead atoms. The predicted molar refractivity (Wildman–Crippen MR) is 127 cm³/mol. The lowest BCUT2D eigenvalue weighted by molar-refractivity contribution is 0.296. The maximum atomic E-state index is 5.98. The van der Waals surface area contributed by atoms with Crippen molar-refractivity contribution in [3.05, 3.63) is 47.3 Å². The Balaban J connectivity index is 0.00000300. The highest BCUT2D eigenvalue weighted by Crippen LogP contribution is 2.30. The highest BCUT2D eigenvalue weighted by Gasteiger charge is 2.22. The van der Waals surface area contributed by atoms with Gasteiger partial charge in [-0.3, -0.25) is 4.99 Å². The minimum Gasteiger partial charge on any atom is -0.493 e. The Kier molecular flexibility index (Phi) is 9.76. The molecule has 2 N–H and O–H groups in total. The zero-order valence-corrected chi connectivity index (χ0v) is 19.9. The van der Waals surface area contributed by atoms with Crippen LogP contribution in [0.2, 0.25) is 0 Å². The fraction of sp³-hybridized carbons (Fsp3) is 0.545. The molecule has 1 aromatic carbocycles. The zero-order chi connectivity index (χ0) is 19.8. The average molecular weight is 512 g/mol. The van der Waals surface area contributed by atoms with Crippen LogP contribution in [0.5, 0.6) is 5.75 Å². The third-order valence-corrected chi connectivity index (χ3v) is 5.23. The third kappa shape index (κ3) is 7.21. The van der Waals surface area contributed by atoms with Crippen LogP contribution in [0.1, 0.15) is 62.5 Å². The molecule has 29 heavy (non-hydrogen) atoms. The molecule has 3 rings (SSSR count). The Morgan fingerprint density at radius 2 is 1.93 bits per heavy atom. The molecule has 160 valence electrons. The van der Waals surface area contributed by atoms with Crippen LogP contribution in [0.25, 0.3) is 0 Å². The first-order chi connectivity index (χ1) is 13.7. The van der Waals surface area contributed by atoms with Crippen molar-refractivity contribution in [1.82, 2.24) is 15.8 Å². The van der Waals surface area contributed by atoms with Gasteiger partial charge in [0.25, 0.3) is 0 Å². The van der Waals surface area contributed by atoms with E-state index < -0.39 is 0 Å². The number of nitrogens with zero attached hydrogens (tertiary/aromatic N) is 2. The van der Waals surface area contributed by atoms with E-state index in [9.17, 15) is 0 Å². The number of nitrogens with one attached hydrogen (secondary N) is 2.